The molecular weight excluding hydrogens is 292 g/mol. The fourth-order valence-electron chi connectivity index (χ4n) is 3.45. The molecule has 1 N–H and O–H groups in total. The highest BCUT2D eigenvalue weighted by molar-refractivity contribution is 5.92. The van der Waals surface area contributed by atoms with Crippen molar-refractivity contribution in [2.75, 3.05) is 36.5 Å². The van der Waals surface area contributed by atoms with Gasteiger partial charge in [-0.15, -0.1) is 0 Å². The molecule has 0 radical (unpaired) electrons. The summed E-state index contributed by atoms with van der Waals surface area (Å²) >= 11 is 0. The highest BCUT2D eigenvalue weighted by atomic mass is 16.5. The number of nitrogens with one attached hydrogen (secondary N) is 1. The second kappa shape index (κ2) is 7.25. The van der Waals surface area contributed by atoms with Crippen molar-refractivity contribution in [2.45, 2.75) is 46.0 Å². The van der Waals surface area contributed by atoms with Gasteiger partial charge in [0.2, 0.25) is 11.9 Å². The van der Waals surface area contributed by atoms with Crippen molar-refractivity contribution in [3.05, 3.63) is 11.4 Å². The summed E-state index contributed by atoms with van der Waals surface area (Å²) in [5.41, 5.74) is 2.43. The molecular formula is C17H26N4O2. The van der Waals surface area contributed by atoms with E-state index < -0.39 is 0 Å². The summed E-state index contributed by atoms with van der Waals surface area (Å²) in [6.45, 7) is 6.91. The topological polar surface area (TPSA) is 67.3 Å². The van der Waals surface area contributed by atoms with E-state index in [9.17, 15) is 4.79 Å². The Labute approximate surface area is 137 Å². The first-order valence-corrected chi connectivity index (χ1v) is 8.61. The summed E-state index contributed by atoms with van der Waals surface area (Å²) in [6.07, 6.45) is 5.49. The molecule has 0 unspecified atom stereocenters. The summed E-state index contributed by atoms with van der Waals surface area (Å²) in [5, 5.41) is 3.03. The third-order valence-electron chi connectivity index (χ3n) is 4.77. The van der Waals surface area contributed by atoms with Crippen molar-refractivity contribution >= 4 is 17.5 Å². The molecule has 1 saturated carbocycles. The predicted molar refractivity (Wildman–Crippen MR) is 89.7 cm³/mol. The van der Waals surface area contributed by atoms with Gasteiger partial charge in [0.1, 0.15) is 0 Å². The molecule has 1 aromatic rings. The number of nitrogens with zero attached hydrogens (tertiary/aromatic N) is 3. The SMILES string of the molecule is Cc1nc(N2CCOCC2)nc(C)c1NC(=O)CC1CCCC1. The van der Waals surface area contributed by atoms with E-state index >= 15 is 0 Å². The number of hydrogen-bond acceptors (Lipinski definition) is 5. The Kier molecular flexibility index (Phi) is 5.10. The second-order valence-corrected chi connectivity index (χ2v) is 6.57. The zero-order valence-electron chi connectivity index (χ0n) is 14.1. The lowest BCUT2D eigenvalue weighted by atomic mass is 10.0. The lowest BCUT2D eigenvalue weighted by Crippen LogP contribution is -2.37. The van der Waals surface area contributed by atoms with E-state index in [0.29, 0.717) is 25.6 Å². The quantitative estimate of drug-likeness (QED) is 0.923. The highest BCUT2D eigenvalue weighted by Crippen LogP contribution is 2.28. The van der Waals surface area contributed by atoms with Gasteiger partial charge in [0.05, 0.1) is 30.3 Å². The van der Waals surface area contributed by atoms with Crippen LogP contribution in [0, 0.1) is 19.8 Å². The number of aromatic nitrogens is 2. The number of anilines is 2. The summed E-state index contributed by atoms with van der Waals surface area (Å²) in [6, 6.07) is 0. The number of carbonyl (C=O) groups is 1. The highest BCUT2D eigenvalue weighted by Gasteiger charge is 2.21. The molecule has 2 fully saturated rings. The normalized spacial score (nSPS) is 19.1. The third-order valence-corrected chi connectivity index (χ3v) is 4.77. The fourth-order valence-corrected chi connectivity index (χ4v) is 3.45. The number of hydrogen-bond donors (Lipinski definition) is 1. The Morgan fingerprint density at radius 1 is 1.17 bits per heavy atom. The van der Waals surface area contributed by atoms with Crippen LogP contribution < -0.4 is 10.2 Å². The minimum Gasteiger partial charge on any atom is -0.378 e. The summed E-state index contributed by atoms with van der Waals surface area (Å²) in [7, 11) is 0. The molecule has 2 heterocycles. The number of amides is 1. The molecule has 6 nitrogen and oxygen atoms in total. The van der Waals surface area contributed by atoms with E-state index in [1.54, 1.807) is 0 Å². The van der Waals surface area contributed by atoms with Crippen LogP contribution in [0.15, 0.2) is 0 Å². The average molecular weight is 318 g/mol. The molecule has 1 saturated heterocycles. The van der Waals surface area contributed by atoms with Crippen molar-refractivity contribution < 1.29 is 9.53 Å². The van der Waals surface area contributed by atoms with Crippen LogP contribution in [0.1, 0.15) is 43.5 Å². The first-order valence-electron chi connectivity index (χ1n) is 8.61. The second-order valence-electron chi connectivity index (χ2n) is 6.57. The number of aryl methyl sites for hydroxylation is 2. The van der Waals surface area contributed by atoms with E-state index in [4.69, 9.17) is 4.74 Å². The molecule has 6 heteroatoms. The third kappa shape index (κ3) is 3.99. The fraction of sp³-hybridized carbons (Fsp3) is 0.706. The first-order chi connectivity index (χ1) is 11.1. The van der Waals surface area contributed by atoms with Crippen molar-refractivity contribution in [1.29, 1.82) is 0 Å². The van der Waals surface area contributed by atoms with E-state index in [2.05, 4.69) is 20.2 Å². The number of ether oxygens (including phenoxy) is 1. The van der Waals surface area contributed by atoms with Crippen molar-refractivity contribution in [3.8, 4) is 0 Å². The largest absolute Gasteiger partial charge is 0.378 e. The van der Waals surface area contributed by atoms with Crippen LogP contribution in [0.4, 0.5) is 11.6 Å². The smallest absolute Gasteiger partial charge is 0.226 e. The number of rotatable bonds is 4. The van der Waals surface area contributed by atoms with Crippen molar-refractivity contribution in [3.63, 3.8) is 0 Å². The van der Waals surface area contributed by atoms with Crippen molar-refractivity contribution in [1.82, 2.24) is 9.97 Å². The zero-order chi connectivity index (χ0) is 16.2. The van der Waals surface area contributed by atoms with Crippen LogP contribution in [0.25, 0.3) is 0 Å². The average Bonchev–Trinajstić information content (AvgIpc) is 3.04. The summed E-state index contributed by atoms with van der Waals surface area (Å²) in [5.74, 6) is 1.37. The molecule has 0 spiro atoms. The molecule has 126 valence electrons. The first kappa shape index (κ1) is 16.2. The van der Waals surface area contributed by atoms with E-state index in [0.717, 1.165) is 36.1 Å². The number of morpholine rings is 1. The Morgan fingerprint density at radius 3 is 2.39 bits per heavy atom. The maximum absolute atomic E-state index is 12.3. The Hall–Kier alpha value is -1.69. The summed E-state index contributed by atoms with van der Waals surface area (Å²) in [4.78, 5) is 23.6. The Balaban J connectivity index is 1.68. The van der Waals surface area contributed by atoms with Gasteiger partial charge in [0.25, 0.3) is 0 Å². The van der Waals surface area contributed by atoms with Crippen LogP contribution in [-0.4, -0.2) is 42.2 Å². The number of carbonyl (C=O) groups excluding carboxylic acids is 1. The minimum absolute atomic E-state index is 0.0887. The Bertz CT molecular complexity index is 541. The van der Waals surface area contributed by atoms with Gasteiger partial charge in [-0.2, -0.15) is 0 Å². The van der Waals surface area contributed by atoms with Crippen LogP contribution in [0.3, 0.4) is 0 Å². The van der Waals surface area contributed by atoms with Gasteiger partial charge in [-0.05, 0) is 32.6 Å². The van der Waals surface area contributed by atoms with Crippen molar-refractivity contribution in [2.24, 2.45) is 5.92 Å². The Morgan fingerprint density at radius 2 is 1.78 bits per heavy atom. The maximum Gasteiger partial charge on any atom is 0.226 e. The molecule has 1 aromatic heterocycles. The van der Waals surface area contributed by atoms with Gasteiger partial charge in [-0.1, -0.05) is 12.8 Å². The van der Waals surface area contributed by atoms with Crippen LogP contribution in [0.5, 0.6) is 0 Å². The van der Waals surface area contributed by atoms with Gasteiger partial charge in [0.15, 0.2) is 0 Å². The van der Waals surface area contributed by atoms with Gasteiger partial charge in [0, 0.05) is 19.5 Å². The molecule has 0 atom stereocenters. The predicted octanol–water partition coefficient (Wildman–Crippen LogP) is 2.45. The maximum atomic E-state index is 12.3. The van der Waals surface area contributed by atoms with Crippen LogP contribution in [0.2, 0.25) is 0 Å². The lowest BCUT2D eigenvalue weighted by Gasteiger charge is -2.27. The van der Waals surface area contributed by atoms with Gasteiger partial charge < -0.3 is 15.0 Å². The molecule has 0 aromatic carbocycles. The lowest BCUT2D eigenvalue weighted by molar-refractivity contribution is -0.117. The molecule has 23 heavy (non-hydrogen) atoms. The molecule has 0 bridgehead atoms. The van der Waals surface area contributed by atoms with Gasteiger partial charge >= 0.3 is 0 Å². The van der Waals surface area contributed by atoms with E-state index in [-0.39, 0.29) is 5.91 Å². The molecule has 1 amide bonds. The van der Waals surface area contributed by atoms with Crippen LogP contribution in [-0.2, 0) is 9.53 Å². The molecule has 1 aliphatic heterocycles. The van der Waals surface area contributed by atoms with Crippen LogP contribution >= 0.6 is 0 Å². The monoisotopic (exact) mass is 318 g/mol. The molecule has 3 rings (SSSR count). The standard InChI is InChI=1S/C17H26N4O2/c1-12-16(20-15(22)11-14-5-3-4-6-14)13(2)19-17(18-12)21-7-9-23-10-8-21/h14H,3-11H2,1-2H3,(H,20,22). The molecule has 2 aliphatic rings. The van der Waals surface area contributed by atoms with Gasteiger partial charge in [-0.25, -0.2) is 9.97 Å². The van der Waals surface area contributed by atoms with E-state index in [1.807, 2.05) is 13.8 Å². The summed E-state index contributed by atoms with van der Waals surface area (Å²) < 4.78 is 5.37. The van der Waals surface area contributed by atoms with E-state index in [1.165, 1.54) is 25.7 Å². The van der Waals surface area contributed by atoms with Gasteiger partial charge in [-0.3, -0.25) is 4.79 Å². The molecule has 1 aliphatic carbocycles. The minimum atomic E-state index is 0.0887. The zero-order valence-corrected chi connectivity index (χ0v) is 14.1.